The normalized spacial score (nSPS) is 24.0. The topological polar surface area (TPSA) is 38.5 Å². The van der Waals surface area contributed by atoms with E-state index in [0.717, 1.165) is 25.7 Å². The standard InChI is InChI=1S/C18H34NO3/c20-19(22-18-15-11-8-12-16-18)21-17-13-9-6-4-2-1-3-5-7-10-14-17/h17-18H,1-16H2/q+1. The second kappa shape index (κ2) is 10.8. The van der Waals surface area contributed by atoms with Crippen LogP contribution < -0.4 is 0 Å². The van der Waals surface area contributed by atoms with E-state index >= 15 is 0 Å². The first-order chi connectivity index (χ1) is 10.8. The molecular formula is C18H34NO3+. The van der Waals surface area contributed by atoms with Gasteiger partial charge in [0.15, 0.2) is 12.2 Å². The number of hydrogen-bond acceptors (Lipinski definition) is 3. The van der Waals surface area contributed by atoms with Gasteiger partial charge in [-0.05, 0) is 51.4 Å². The Bertz CT molecular complexity index is 291. The van der Waals surface area contributed by atoms with Gasteiger partial charge in [0.1, 0.15) is 4.91 Å². The summed E-state index contributed by atoms with van der Waals surface area (Å²) in [4.78, 5) is 22.9. The van der Waals surface area contributed by atoms with Crippen LogP contribution in [0, 0.1) is 4.91 Å². The Morgan fingerprint density at radius 1 is 0.500 bits per heavy atom. The van der Waals surface area contributed by atoms with Gasteiger partial charge in [-0.15, -0.1) is 0 Å². The zero-order valence-electron chi connectivity index (χ0n) is 14.1. The lowest BCUT2D eigenvalue weighted by Gasteiger charge is -2.16. The molecule has 0 aromatic carbocycles. The highest BCUT2D eigenvalue weighted by atomic mass is 17.0. The molecule has 0 bridgehead atoms. The van der Waals surface area contributed by atoms with Crippen LogP contribution in [0.1, 0.15) is 103 Å². The minimum absolute atomic E-state index is 0.0421. The summed E-state index contributed by atoms with van der Waals surface area (Å²) in [6, 6.07) is 0. The maximum atomic E-state index is 11.9. The van der Waals surface area contributed by atoms with Gasteiger partial charge in [0.25, 0.3) is 0 Å². The summed E-state index contributed by atoms with van der Waals surface area (Å²) < 4.78 is 0. The largest absolute Gasteiger partial charge is 0.478 e. The van der Waals surface area contributed by atoms with Crippen LogP contribution in [0.5, 0.6) is 0 Å². The Balaban J connectivity index is 1.70. The molecule has 22 heavy (non-hydrogen) atoms. The lowest BCUT2D eigenvalue weighted by Crippen LogP contribution is -2.27. The van der Waals surface area contributed by atoms with Crippen molar-refractivity contribution in [1.29, 1.82) is 0 Å². The average Bonchev–Trinajstić information content (AvgIpc) is 2.51. The van der Waals surface area contributed by atoms with Gasteiger partial charge in [-0.25, -0.2) is 0 Å². The zero-order valence-corrected chi connectivity index (χ0v) is 14.1. The quantitative estimate of drug-likeness (QED) is 0.631. The fraction of sp³-hybridized carbons (Fsp3) is 1.00. The monoisotopic (exact) mass is 312 g/mol. The third-order valence-corrected chi connectivity index (χ3v) is 5.07. The molecule has 0 radical (unpaired) electrons. The molecule has 0 amide bonds. The first kappa shape index (κ1) is 17.6. The van der Waals surface area contributed by atoms with E-state index in [4.69, 9.17) is 9.68 Å². The highest BCUT2D eigenvalue weighted by Gasteiger charge is 2.28. The maximum absolute atomic E-state index is 11.9. The van der Waals surface area contributed by atoms with Crippen LogP contribution in [0.15, 0.2) is 0 Å². The third-order valence-electron chi connectivity index (χ3n) is 5.07. The van der Waals surface area contributed by atoms with Crippen LogP contribution in [0.4, 0.5) is 0 Å². The van der Waals surface area contributed by atoms with Crippen LogP contribution in [0.3, 0.4) is 0 Å². The lowest BCUT2D eigenvalue weighted by atomic mass is 9.98. The molecule has 0 heterocycles. The van der Waals surface area contributed by atoms with Crippen molar-refractivity contribution in [3.8, 4) is 0 Å². The van der Waals surface area contributed by atoms with E-state index in [-0.39, 0.29) is 12.2 Å². The van der Waals surface area contributed by atoms with Gasteiger partial charge in [0.05, 0.1) is 0 Å². The molecule has 0 aromatic heterocycles. The molecule has 2 saturated carbocycles. The van der Waals surface area contributed by atoms with Crippen molar-refractivity contribution >= 4 is 0 Å². The molecule has 2 fully saturated rings. The summed E-state index contributed by atoms with van der Waals surface area (Å²) in [6.07, 6.45) is 19.3. The van der Waals surface area contributed by atoms with E-state index in [2.05, 4.69) is 0 Å². The second-order valence-corrected chi connectivity index (χ2v) is 7.08. The zero-order chi connectivity index (χ0) is 15.5. The molecule has 0 unspecified atom stereocenters. The molecule has 0 aromatic rings. The average molecular weight is 312 g/mol. The number of nitrogens with zero attached hydrogens (tertiary/aromatic N) is 1. The van der Waals surface area contributed by atoms with Gasteiger partial charge in [-0.3, -0.25) is 0 Å². The van der Waals surface area contributed by atoms with Crippen LogP contribution in [-0.4, -0.2) is 17.3 Å². The van der Waals surface area contributed by atoms with Crippen LogP contribution in [0.2, 0.25) is 0 Å². The SMILES string of the molecule is O=[N+](OC1CCCCCCCCCCC1)OC1CCCCC1. The van der Waals surface area contributed by atoms with Crippen molar-refractivity contribution in [2.75, 3.05) is 0 Å². The second-order valence-electron chi connectivity index (χ2n) is 7.08. The molecule has 0 atom stereocenters. The highest BCUT2D eigenvalue weighted by Crippen LogP contribution is 2.22. The Morgan fingerprint density at radius 2 is 0.773 bits per heavy atom. The fourth-order valence-electron chi connectivity index (χ4n) is 3.67. The molecule has 4 heteroatoms. The van der Waals surface area contributed by atoms with E-state index in [0.29, 0.717) is 5.09 Å². The van der Waals surface area contributed by atoms with E-state index < -0.39 is 0 Å². The Morgan fingerprint density at radius 3 is 1.14 bits per heavy atom. The van der Waals surface area contributed by atoms with Crippen molar-refractivity contribution in [2.45, 2.75) is 115 Å². The summed E-state index contributed by atoms with van der Waals surface area (Å²) >= 11 is 0. The van der Waals surface area contributed by atoms with Crippen molar-refractivity contribution in [2.24, 2.45) is 0 Å². The van der Waals surface area contributed by atoms with Crippen molar-refractivity contribution in [3.63, 3.8) is 0 Å². The molecule has 128 valence electrons. The summed E-state index contributed by atoms with van der Waals surface area (Å²) in [6.45, 7) is 0. The van der Waals surface area contributed by atoms with Gasteiger partial charge in [-0.1, -0.05) is 51.4 Å². The molecule has 0 saturated heterocycles. The lowest BCUT2D eigenvalue weighted by molar-refractivity contribution is -0.993. The Kier molecular flexibility index (Phi) is 8.65. The van der Waals surface area contributed by atoms with Crippen LogP contribution in [0.25, 0.3) is 0 Å². The van der Waals surface area contributed by atoms with E-state index in [1.54, 1.807) is 0 Å². The molecule has 0 spiro atoms. The molecule has 2 rings (SSSR count). The van der Waals surface area contributed by atoms with Gasteiger partial charge >= 0.3 is 5.09 Å². The van der Waals surface area contributed by atoms with Crippen molar-refractivity contribution < 1.29 is 14.8 Å². The molecule has 2 aliphatic rings. The highest BCUT2D eigenvalue weighted by molar-refractivity contribution is 4.63. The van der Waals surface area contributed by atoms with E-state index in [9.17, 15) is 4.91 Å². The smallest absolute Gasteiger partial charge is 0.183 e. The van der Waals surface area contributed by atoms with E-state index in [1.807, 2.05) is 0 Å². The molecule has 0 aliphatic heterocycles. The van der Waals surface area contributed by atoms with Gasteiger partial charge in [-0.2, -0.15) is 9.68 Å². The van der Waals surface area contributed by atoms with Gasteiger partial charge < -0.3 is 0 Å². The minimum Gasteiger partial charge on any atom is -0.183 e. The third kappa shape index (κ3) is 7.46. The summed E-state index contributed by atoms with van der Waals surface area (Å²) in [7, 11) is 0. The molecule has 2 aliphatic carbocycles. The summed E-state index contributed by atoms with van der Waals surface area (Å²) in [5.74, 6) is 0. The predicted octanol–water partition coefficient (Wildman–Crippen LogP) is 5.63. The molecule has 4 nitrogen and oxygen atoms in total. The van der Waals surface area contributed by atoms with Crippen LogP contribution in [-0.2, 0) is 9.68 Å². The van der Waals surface area contributed by atoms with E-state index in [1.165, 1.54) is 77.0 Å². The van der Waals surface area contributed by atoms with Gasteiger partial charge in [0.2, 0.25) is 0 Å². The first-order valence-corrected chi connectivity index (χ1v) is 9.65. The van der Waals surface area contributed by atoms with Crippen molar-refractivity contribution in [3.05, 3.63) is 4.91 Å². The Labute approximate surface area is 135 Å². The Hall–Kier alpha value is -0.800. The number of rotatable bonds is 4. The summed E-state index contributed by atoms with van der Waals surface area (Å²) in [5, 5.41) is 0.437. The van der Waals surface area contributed by atoms with Crippen molar-refractivity contribution in [1.82, 2.24) is 0 Å². The van der Waals surface area contributed by atoms with Gasteiger partial charge in [0, 0.05) is 0 Å². The fourth-order valence-corrected chi connectivity index (χ4v) is 3.67. The molecule has 0 N–H and O–H groups in total. The predicted molar refractivity (Wildman–Crippen MR) is 87.2 cm³/mol. The van der Waals surface area contributed by atoms with Crippen LogP contribution >= 0.6 is 0 Å². The first-order valence-electron chi connectivity index (χ1n) is 9.65. The molecular weight excluding hydrogens is 278 g/mol. The number of hydrogen-bond donors (Lipinski definition) is 0. The summed E-state index contributed by atoms with van der Waals surface area (Å²) in [5.41, 5.74) is 0. The maximum Gasteiger partial charge on any atom is 0.478 e. The minimum atomic E-state index is 0.0421.